The molecule has 1 amide bonds. The van der Waals surface area contributed by atoms with Crippen molar-refractivity contribution in [1.82, 2.24) is 4.90 Å². The van der Waals surface area contributed by atoms with Crippen LogP contribution in [0.3, 0.4) is 0 Å². The van der Waals surface area contributed by atoms with E-state index in [1.54, 1.807) is 4.90 Å². The monoisotopic (exact) mass is 269 g/mol. The van der Waals surface area contributed by atoms with Gasteiger partial charge in [-0.2, -0.15) is 0 Å². The number of nitrogens with zero attached hydrogens (tertiary/aromatic N) is 3. The Morgan fingerprint density at radius 2 is 2.11 bits per heavy atom. The molecule has 18 heavy (non-hydrogen) atoms. The van der Waals surface area contributed by atoms with Crippen molar-refractivity contribution in [3.05, 3.63) is 27.1 Å². The summed E-state index contributed by atoms with van der Waals surface area (Å²) in [5.74, 6) is -0.204. The molecule has 0 aromatic carbocycles. The summed E-state index contributed by atoms with van der Waals surface area (Å²) in [6, 6.07) is 2.81. The molecule has 2 heterocycles. The zero-order chi connectivity index (χ0) is 13.1. The average molecular weight is 269 g/mol. The van der Waals surface area contributed by atoms with Crippen molar-refractivity contribution in [3.63, 3.8) is 0 Å². The molecule has 1 N–H and O–H groups in total. The molecule has 1 aliphatic heterocycles. The lowest BCUT2D eigenvalue weighted by atomic mass is 10.1. The molecule has 96 valence electrons. The molecule has 2 rings (SSSR count). The fraction of sp³-hybridized carbons (Fsp3) is 0.400. The molecule has 1 saturated heterocycles. The highest BCUT2D eigenvalue weighted by Crippen LogP contribution is 2.25. The van der Waals surface area contributed by atoms with Gasteiger partial charge in [0.15, 0.2) is 0 Å². The van der Waals surface area contributed by atoms with E-state index in [-0.39, 0.29) is 10.9 Å². The van der Waals surface area contributed by atoms with E-state index >= 15 is 0 Å². The quantitative estimate of drug-likeness (QED) is 0.502. The molecule has 0 atom stereocenters. The summed E-state index contributed by atoms with van der Waals surface area (Å²) in [6.07, 6.45) is 1.07. The molecule has 0 radical (unpaired) electrons. The van der Waals surface area contributed by atoms with E-state index in [0.29, 0.717) is 36.5 Å². The average Bonchev–Trinajstić information content (AvgIpc) is 2.88. The van der Waals surface area contributed by atoms with Crippen molar-refractivity contribution >= 4 is 28.0 Å². The van der Waals surface area contributed by atoms with Gasteiger partial charge in [0.1, 0.15) is 0 Å². The Morgan fingerprint density at radius 1 is 1.44 bits per heavy atom. The first-order valence-corrected chi connectivity index (χ1v) is 6.17. The third-order valence-corrected chi connectivity index (χ3v) is 3.78. The SMILES string of the molecule is O=C(c1ccc([N+](=O)[O-])s1)N1CCC(=NO)CC1. The van der Waals surface area contributed by atoms with E-state index in [2.05, 4.69) is 5.16 Å². The van der Waals surface area contributed by atoms with E-state index in [1.807, 2.05) is 0 Å². The molecule has 1 aliphatic rings. The van der Waals surface area contributed by atoms with E-state index < -0.39 is 4.92 Å². The molecule has 8 heteroatoms. The first-order chi connectivity index (χ1) is 8.61. The zero-order valence-electron chi connectivity index (χ0n) is 9.40. The number of hydrogen-bond donors (Lipinski definition) is 1. The second kappa shape index (κ2) is 5.13. The summed E-state index contributed by atoms with van der Waals surface area (Å²) in [5, 5.41) is 22.3. The van der Waals surface area contributed by atoms with Crippen LogP contribution in [0.25, 0.3) is 0 Å². The number of carbonyl (C=O) groups is 1. The van der Waals surface area contributed by atoms with Gasteiger partial charge < -0.3 is 10.1 Å². The fourth-order valence-corrected chi connectivity index (χ4v) is 2.55. The Morgan fingerprint density at radius 3 is 2.61 bits per heavy atom. The van der Waals surface area contributed by atoms with Crippen molar-refractivity contribution in [1.29, 1.82) is 0 Å². The molecule has 1 aromatic heterocycles. The van der Waals surface area contributed by atoms with Crippen LogP contribution in [-0.2, 0) is 0 Å². The molecule has 0 unspecified atom stereocenters. The highest BCUT2D eigenvalue weighted by atomic mass is 32.1. The second-order valence-electron chi connectivity index (χ2n) is 3.85. The molecular weight excluding hydrogens is 258 g/mol. The number of piperidine rings is 1. The van der Waals surface area contributed by atoms with Crippen molar-refractivity contribution < 1.29 is 14.9 Å². The highest BCUT2D eigenvalue weighted by molar-refractivity contribution is 7.17. The standard InChI is InChI=1S/C10H11N3O4S/c14-10(8-1-2-9(18-8)13(16)17)12-5-3-7(11-15)4-6-12/h1-2,15H,3-6H2. The Balaban J connectivity index is 2.05. The van der Waals surface area contributed by atoms with Gasteiger partial charge in [0.2, 0.25) is 0 Å². The Labute approximate surface area is 106 Å². The van der Waals surface area contributed by atoms with Gasteiger partial charge in [-0.1, -0.05) is 16.5 Å². The zero-order valence-corrected chi connectivity index (χ0v) is 10.2. The number of likely N-dealkylation sites (tertiary alicyclic amines) is 1. The molecule has 0 spiro atoms. The van der Waals surface area contributed by atoms with Crippen LogP contribution in [0.15, 0.2) is 17.3 Å². The van der Waals surface area contributed by atoms with Gasteiger partial charge in [-0.25, -0.2) is 0 Å². The van der Waals surface area contributed by atoms with Gasteiger partial charge in [-0.15, -0.1) is 0 Å². The summed E-state index contributed by atoms with van der Waals surface area (Å²) in [4.78, 5) is 24.1. The normalized spacial score (nSPS) is 15.6. The molecular formula is C10H11N3O4S. The van der Waals surface area contributed by atoms with Crippen molar-refractivity contribution in [2.45, 2.75) is 12.8 Å². The Bertz CT molecular complexity index is 501. The Hall–Kier alpha value is -1.96. The summed E-state index contributed by atoms with van der Waals surface area (Å²) in [7, 11) is 0. The summed E-state index contributed by atoms with van der Waals surface area (Å²) < 4.78 is 0. The molecule has 0 aliphatic carbocycles. The number of oxime groups is 1. The van der Waals surface area contributed by atoms with E-state index in [4.69, 9.17) is 5.21 Å². The minimum Gasteiger partial charge on any atom is -0.411 e. The van der Waals surface area contributed by atoms with E-state index in [1.165, 1.54) is 12.1 Å². The van der Waals surface area contributed by atoms with Gasteiger partial charge in [0.05, 0.1) is 15.5 Å². The molecule has 1 fully saturated rings. The lowest BCUT2D eigenvalue weighted by Gasteiger charge is -2.26. The number of hydrogen-bond acceptors (Lipinski definition) is 6. The fourth-order valence-electron chi connectivity index (χ4n) is 1.76. The third kappa shape index (κ3) is 2.48. The molecule has 1 aromatic rings. The summed E-state index contributed by atoms with van der Waals surface area (Å²) in [6.45, 7) is 0.952. The minimum atomic E-state index is -0.506. The topological polar surface area (TPSA) is 96.0 Å². The van der Waals surface area contributed by atoms with E-state index in [9.17, 15) is 14.9 Å². The highest BCUT2D eigenvalue weighted by Gasteiger charge is 2.24. The van der Waals surface area contributed by atoms with Crippen LogP contribution >= 0.6 is 11.3 Å². The maximum Gasteiger partial charge on any atom is 0.324 e. The van der Waals surface area contributed by atoms with Gasteiger partial charge in [-0.05, 0) is 6.07 Å². The Kier molecular flexibility index (Phi) is 3.56. The second-order valence-corrected chi connectivity index (χ2v) is 4.92. The van der Waals surface area contributed by atoms with Gasteiger partial charge >= 0.3 is 5.00 Å². The first-order valence-electron chi connectivity index (χ1n) is 5.35. The number of rotatable bonds is 2. The van der Waals surface area contributed by atoms with Crippen molar-refractivity contribution in [3.8, 4) is 0 Å². The maximum atomic E-state index is 12.0. The minimum absolute atomic E-state index is 0.0343. The van der Waals surface area contributed by atoms with Gasteiger partial charge in [0.25, 0.3) is 5.91 Å². The van der Waals surface area contributed by atoms with Crippen LogP contribution in [0.4, 0.5) is 5.00 Å². The van der Waals surface area contributed by atoms with Crippen LogP contribution in [0.5, 0.6) is 0 Å². The summed E-state index contributed by atoms with van der Waals surface area (Å²) >= 11 is 0.879. The van der Waals surface area contributed by atoms with Crippen LogP contribution in [0, 0.1) is 10.1 Å². The maximum absolute atomic E-state index is 12.0. The number of nitro groups is 1. The molecule has 0 saturated carbocycles. The van der Waals surface area contributed by atoms with E-state index in [0.717, 1.165) is 11.3 Å². The number of amides is 1. The third-order valence-electron chi connectivity index (χ3n) is 2.75. The number of thiophene rings is 1. The lowest BCUT2D eigenvalue weighted by Crippen LogP contribution is -2.38. The van der Waals surface area contributed by atoms with Crippen LogP contribution in [0.2, 0.25) is 0 Å². The van der Waals surface area contributed by atoms with Gasteiger partial charge in [-0.3, -0.25) is 14.9 Å². The predicted octanol–water partition coefficient (Wildman–Crippen LogP) is 1.72. The van der Waals surface area contributed by atoms with Crippen LogP contribution in [-0.4, -0.2) is 39.7 Å². The first kappa shape index (κ1) is 12.5. The molecule has 0 bridgehead atoms. The van der Waals surface area contributed by atoms with Crippen molar-refractivity contribution in [2.75, 3.05) is 13.1 Å². The predicted molar refractivity (Wildman–Crippen MR) is 65.3 cm³/mol. The van der Waals surface area contributed by atoms with Crippen LogP contribution < -0.4 is 0 Å². The van der Waals surface area contributed by atoms with Gasteiger partial charge in [0, 0.05) is 32.0 Å². The van der Waals surface area contributed by atoms with Crippen LogP contribution in [0.1, 0.15) is 22.5 Å². The molecule has 7 nitrogen and oxygen atoms in total. The smallest absolute Gasteiger partial charge is 0.324 e. The summed E-state index contributed by atoms with van der Waals surface area (Å²) in [5.41, 5.74) is 0.677. The largest absolute Gasteiger partial charge is 0.411 e. The number of carbonyl (C=O) groups excluding carboxylic acids is 1. The lowest BCUT2D eigenvalue weighted by molar-refractivity contribution is -0.380. The van der Waals surface area contributed by atoms with Crippen molar-refractivity contribution in [2.24, 2.45) is 5.16 Å².